The van der Waals surface area contributed by atoms with E-state index in [2.05, 4.69) is 4.99 Å². The van der Waals surface area contributed by atoms with Gasteiger partial charge in [0.15, 0.2) is 22.4 Å². The average Bonchev–Trinajstić information content (AvgIpc) is 3.18. The fraction of sp³-hybridized carbons (Fsp3) is 0.115. The monoisotopic (exact) mass is 474 g/mol. The third-order valence-electron chi connectivity index (χ3n) is 5.21. The standard InChI is InChI=1S/C26H19FN2O4S/c27-19-7-9-20(10-8-19)29-25(31)21(14-17-4-2-1-3-5-17)28-26(29)34-16-22(30)18-6-11-23-24(15-18)33-13-12-32-23/h1-11,14-15H,12-13,16H2/b21-14+. The molecule has 1 amide bonds. The van der Waals surface area contributed by atoms with Gasteiger partial charge in [-0.15, -0.1) is 0 Å². The average molecular weight is 475 g/mol. The maximum absolute atomic E-state index is 13.5. The van der Waals surface area contributed by atoms with Crippen LogP contribution in [-0.2, 0) is 4.79 Å². The first-order chi connectivity index (χ1) is 16.6. The maximum atomic E-state index is 13.5. The summed E-state index contributed by atoms with van der Waals surface area (Å²) < 4.78 is 24.5. The summed E-state index contributed by atoms with van der Waals surface area (Å²) >= 11 is 1.15. The molecule has 5 rings (SSSR count). The van der Waals surface area contributed by atoms with Gasteiger partial charge >= 0.3 is 0 Å². The number of carbonyl (C=O) groups is 2. The van der Waals surface area contributed by atoms with Crippen molar-refractivity contribution < 1.29 is 23.5 Å². The number of hydrogen-bond acceptors (Lipinski definition) is 6. The second kappa shape index (κ2) is 9.52. The number of halogens is 1. The third kappa shape index (κ3) is 4.58. The number of rotatable bonds is 5. The van der Waals surface area contributed by atoms with Crippen molar-refractivity contribution in [2.24, 2.45) is 4.99 Å². The van der Waals surface area contributed by atoms with E-state index in [4.69, 9.17) is 9.47 Å². The Hall–Kier alpha value is -3.91. The summed E-state index contributed by atoms with van der Waals surface area (Å²) in [5.74, 6) is 0.315. The maximum Gasteiger partial charge on any atom is 0.283 e. The molecule has 0 fully saturated rings. The molecule has 0 unspecified atom stereocenters. The Labute approximate surface area is 199 Å². The van der Waals surface area contributed by atoms with E-state index in [-0.39, 0.29) is 23.1 Å². The molecule has 34 heavy (non-hydrogen) atoms. The van der Waals surface area contributed by atoms with E-state index in [0.717, 1.165) is 17.3 Å². The lowest BCUT2D eigenvalue weighted by Gasteiger charge is -2.19. The minimum atomic E-state index is -0.407. The van der Waals surface area contributed by atoms with Crippen LogP contribution in [0.3, 0.4) is 0 Å². The number of hydrogen-bond donors (Lipinski definition) is 0. The van der Waals surface area contributed by atoms with Crippen molar-refractivity contribution in [1.82, 2.24) is 0 Å². The normalized spacial score (nSPS) is 16.0. The number of ether oxygens (including phenoxy) is 2. The van der Waals surface area contributed by atoms with Crippen molar-refractivity contribution in [2.45, 2.75) is 0 Å². The minimum absolute atomic E-state index is 0.0576. The second-order valence-corrected chi connectivity index (χ2v) is 8.46. The first-order valence-electron chi connectivity index (χ1n) is 10.6. The molecule has 0 aliphatic carbocycles. The molecule has 2 aliphatic heterocycles. The molecule has 2 aliphatic rings. The van der Waals surface area contributed by atoms with Crippen LogP contribution in [0.15, 0.2) is 83.5 Å². The van der Waals surface area contributed by atoms with Gasteiger partial charge in [0, 0.05) is 5.56 Å². The number of Topliss-reactive ketones (excluding diaryl/α,β-unsaturated/α-hetero) is 1. The molecule has 3 aromatic rings. The minimum Gasteiger partial charge on any atom is -0.486 e. The second-order valence-electron chi connectivity index (χ2n) is 7.52. The topological polar surface area (TPSA) is 68.2 Å². The van der Waals surface area contributed by atoms with Gasteiger partial charge in [0.25, 0.3) is 5.91 Å². The molecular weight excluding hydrogens is 455 g/mol. The Balaban J connectivity index is 1.40. The number of thioether (sulfide) groups is 1. The highest BCUT2D eigenvalue weighted by atomic mass is 32.2. The van der Waals surface area contributed by atoms with Gasteiger partial charge < -0.3 is 9.47 Å². The number of carbonyl (C=O) groups excluding carboxylic acids is 2. The lowest BCUT2D eigenvalue weighted by Crippen LogP contribution is -2.30. The molecule has 8 heteroatoms. The summed E-state index contributed by atoms with van der Waals surface area (Å²) in [6, 6.07) is 20.0. The first-order valence-corrected chi connectivity index (χ1v) is 11.6. The van der Waals surface area contributed by atoms with Crippen LogP contribution in [0.25, 0.3) is 6.08 Å². The van der Waals surface area contributed by atoms with E-state index in [0.29, 0.717) is 41.1 Å². The van der Waals surface area contributed by atoms with Crippen molar-refractivity contribution in [3.8, 4) is 11.5 Å². The molecule has 0 saturated heterocycles. The third-order valence-corrected chi connectivity index (χ3v) is 6.15. The van der Waals surface area contributed by atoms with Gasteiger partial charge in [-0.3, -0.25) is 14.5 Å². The fourth-order valence-electron chi connectivity index (χ4n) is 3.55. The van der Waals surface area contributed by atoms with Crippen LogP contribution >= 0.6 is 11.8 Å². The largest absolute Gasteiger partial charge is 0.486 e. The van der Waals surface area contributed by atoms with Crippen molar-refractivity contribution in [2.75, 3.05) is 23.9 Å². The van der Waals surface area contributed by atoms with Gasteiger partial charge in [0.1, 0.15) is 24.7 Å². The zero-order chi connectivity index (χ0) is 23.5. The van der Waals surface area contributed by atoms with Crippen LogP contribution in [0, 0.1) is 5.82 Å². The van der Waals surface area contributed by atoms with E-state index in [1.54, 1.807) is 24.3 Å². The predicted molar refractivity (Wildman–Crippen MR) is 130 cm³/mol. The summed E-state index contributed by atoms with van der Waals surface area (Å²) in [5.41, 5.74) is 2.02. The molecule has 6 nitrogen and oxygen atoms in total. The molecule has 2 heterocycles. The summed E-state index contributed by atoms with van der Waals surface area (Å²) in [7, 11) is 0. The predicted octanol–water partition coefficient (Wildman–Crippen LogP) is 4.96. The van der Waals surface area contributed by atoms with Crippen molar-refractivity contribution in [1.29, 1.82) is 0 Å². The van der Waals surface area contributed by atoms with E-state index >= 15 is 0 Å². The SMILES string of the molecule is O=C(CSC1=N/C(=C/c2ccccc2)C(=O)N1c1ccc(F)cc1)c1ccc2c(c1)OCCO2. The van der Waals surface area contributed by atoms with Crippen LogP contribution < -0.4 is 14.4 Å². The highest BCUT2D eigenvalue weighted by Crippen LogP contribution is 2.33. The number of ketones is 1. The van der Waals surface area contributed by atoms with Crippen LogP contribution in [0.2, 0.25) is 0 Å². The number of anilines is 1. The summed E-state index contributed by atoms with van der Waals surface area (Å²) in [6.07, 6.45) is 1.69. The molecule has 0 aromatic heterocycles. The number of benzene rings is 3. The van der Waals surface area contributed by atoms with Crippen molar-refractivity contribution in [3.05, 3.63) is 95.4 Å². The molecule has 170 valence electrons. The van der Waals surface area contributed by atoms with E-state index in [1.807, 2.05) is 30.3 Å². The van der Waals surface area contributed by atoms with Gasteiger partial charge in [-0.1, -0.05) is 42.1 Å². The molecule has 0 bridgehead atoms. The molecule has 0 atom stereocenters. The van der Waals surface area contributed by atoms with Crippen LogP contribution in [-0.4, -0.2) is 35.8 Å². The lowest BCUT2D eigenvalue weighted by molar-refractivity contribution is -0.113. The van der Waals surface area contributed by atoms with Gasteiger partial charge in [-0.2, -0.15) is 0 Å². The molecule has 3 aromatic carbocycles. The smallest absolute Gasteiger partial charge is 0.283 e. The Morgan fingerprint density at radius 1 is 1.00 bits per heavy atom. The molecule has 0 saturated carbocycles. The van der Waals surface area contributed by atoms with Gasteiger partial charge in [0.05, 0.1) is 11.4 Å². The van der Waals surface area contributed by atoms with Crippen molar-refractivity contribution in [3.63, 3.8) is 0 Å². The summed E-state index contributed by atoms with van der Waals surface area (Å²) in [5, 5.41) is 0.352. The highest BCUT2D eigenvalue weighted by molar-refractivity contribution is 8.14. The number of amidine groups is 1. The van der Waals surface area contributed by atoms with Gasteiger partial charge in [0.2, 0.25) is 0 Å². The molecule has 0 spiro atoms. The number of fused-ring (bicyclic) bond motifs is 1. The Morgan fingerprint density at radius 3 is 2.50 bits per heavy atom. The van der Waals surface area contributed by atoms with E-state index in [1.165, 1.54) is 29.2 Å². The quantitative estimate of drug-likeness (QED) is 0.386. The first kappa shape index (κ1) is 21.9. The number of aliphatic imine (C=N–C) groups is 1. The van der Waals surface area contributed by atoms with Crippen LogP contribution in [0.5, 0.6) is 11.5 Å². The van der Waals surface area contributed by atoms with Gasteiger partial charge in [-0.05, 0) is 54.1 Å². The summed E-state index contributed by atoms with van der Waals surface area (Å²) in [4.78, 5) is 32.0. The summed E-state index contributed by atoms with van der Waals surface area (Å²) in [6.45, 7) is 0.906. The molecule has 0 N–H and O–H groups in total. The van der Waals surface area contributed by atoms with Gasteiger partial charge in [-0.25, -0.2) is 9.38 Å². The van der Waals surface area contributed by atoms with E-state index < -0.39 is 5.82 Å². The lowest BCUT2D eigenvalue weighted by atomic mass is 10.1. The van der Waals surface area contributed by atoms with Crippen molar-refractivity contribution >= 4 is 40.4 Å². The van der Waals surface area contributed by atoms with E-state index in [9.17, 15) is 14.0 Å². The molecule has 0 radical (unpaired) electrons. The Bertz CT molecular complexity index is 1310. The Kier molecular flexibility index (Phi) is 6.14. The zero-order valence-electron chi connectivity index (χ0n) is 17.9. The number of amides is 1. The number of nitrogens with zero attached hydrogens (tertiary/aromatic N) is 2. The molecular formula is C26H19FN2O4S. The zero-order valence-corrected chi connectivity index (χ0v) is 18.8. The van der Waals surface area contributed by atoms with Crippen LogP contribution in [0.1, 0.15) is 15.9 Å². The van der Waals surface area contributed by atoms with Crippen LogP contribution in [0.4, 0.5) is 10.1 Å². The fourth-order valence-corrected chi connectivity index (χ4v) is 4.46. The highest BCUT2D eigenvalue weighted by Gasteiger charge is 2.32. The Morgan fingerprint density at radius 2 is 1.74 bits per heavy atom.